The summed E-state index contributed by atoms with van der Waals surface area (Å²) in [5.74, 6) is 0.464. The molecule has 5 nitrogen and oxygen atoms in total. The van der Waals surface area contributed by atoms with E-state index in [-0.39, 0.29) is 6.10 Å². The second-order valence-electron chi connectivity index (χ2n) is 3.55. The van der Waals surface area contributed by atoms with Crippen LogP contribution in [0.4, 0.5) is 5.82 Å². The molecule has 0 saturated heterocycles. The molecule has 72 valence electrons. The molecular weight excluding hydrogens is 168 g/mol. The third-order valence-corrected chi connectivity index (χ3v) is 2.52. The van der Waals surface area contributed by atoms with E-state index in [9.17, 15) is 5.11 Å². The summed E-state index contributed by atoms with van der Waals surface area (Å²) in [6.07, 6.45) is 4.98. The maximum atomic E-state index is 9.30. The molecule has 1 fully saturated rings. The molecule has 1 heterocycles. The van der Waals surface area contributed by atoms with Gasteiger partial charge in [-0.1, -0.05) is 0 Å². The lowest BCUT2D eigenvalue weighted by molar-refractivity contribution is 0.104. The number of aliphatic hydroxyl groups excluding tert-OH is 1. The molecule has 0 unspecified atom stereocenters. The minimum absolute atomic E-state index is 0.135. The van der Waals surface area contributed by atoms with E-state index in [0.717, 1.165) is 25.7 Å². The predicted molar refractivity (Wildman–Crippen MR) is 47.9 cm³/mol. The summed E-state index contributed by atoms with van der Waals surface area (Å²) < 4.78 is 0. The van der Waals surface area contributed by atoms with Crippen LogP contribution >= 0.6 is 0 Å². The van der Waals surface area contributed by atoms with E-state index in [1.807, 2.05) is 0 Å². The third-order valence-electron chi connectivity index (χ3n) is 2.52. The summed E-state index contributed by atoms with van der Waals surface area (Å²) >= 11 is 0. The number of aliphatic hydroxyl groups is 1. The zero-order valence-corrected chi connectivity index (χ0v) is 7.43. The van der Waals surface area contributed by atoms with E-state index in [1.54, 1.807) is 11.0 Å². The maximum absolute atomic E-state index is 9.30. The number of hydrogen-bond acceptors (Lipinski definition) is 4. The van der Waals surface area contributed by atoms with Gasteiger partial charge in [0.05, 0.1) is 18.3 Å². The summed E-state index contributed by atoms with van der Waals surface area (Å²) in [6.45, 7) is 0. The van der Waals surface area contributed by atoms with Crippen molar-refractivity contribution in [3.63, 3.8) is 0 Å². The third kappa shape index (κ3) is 1.80. The predicted octanol–water partition coefficient (Wildman–Crippen LogP) is 0.336. The second-order valence-corrected chi connectivity index (χ2v) is 3.55. The van der Waals surface area contributed by atoms with Crippen molar-refractivity contribution < 1.29 is 5.11 Å². The Morgan fingerprint density at radius 1 is 1.38 bits per heavy atom. The van der Waals surface area contributed by atoms with Gasteiger partial charge in [0.15, 0.2) is 5.82 Å². The van der Waals surface area contributed by atoms with E-state index in [2.05, 4.69) is 10.2 Å². The summed E-state index contributed by atoms with van der Waals surface area (Å²) in [5, 5.41) is 17.4. The second kappa shape index (κ2) is 3.33. The average molecular weight is 182 g/mol. The van der Waals surface area contributed by atoms with Crippen molar-refractivity contribution in [2.24, 2.45) is 0 Å². The van der Waals surface area contributed by atoms with Crippen molar-refractivity contribution in [2.75, 3.05) is 5.73 Å². The molecule has 2 rings (SSSR count). The van der Waals surface area contributed by atoms with Gasteiger partial charge in [-0.05, 0) is 25.7 Å². The molecule has 1 aliphatic rings. The number of aromatic nitrogens is 3. The average Bonchev–Trinajstić information content (AvgIpc) is 2.53. The Bertz CT molecular complexity index is 277. The fraction of sp³-hybridized carbons (Fsp3) is 0.750. The highest BCUT2D eigenvalue weighted by atomic mass is 16.3. The van der Waals surface area contributed by atoms with Crippen LogP contribution in [0.2, 0.25) is 0 Å². The summed E-state index contributed by atoms with van der Waals surface area (Å²) in [5.41, 5.74) is 5.47. The number of rotatable bonds is 1. The summed E-state index contributed by atoms with van der Waals surface area (Å²) in [4.78, 5) is 1.67. The number of anilines is 1. The number of nitrogens with zero attached hydrogens (tertiary/aromatic N) is 3. The van der Waals surface area contributed by atoms with Crippen molar-refractivity contribution >= 4 is 5.82 Å². The van der Waals surface area contributed by atoms with E-state index >= 15 is 0 Å². The largest absolute Gasteiger partial charge is 0.393 e. The molecule has 0 aliphatic heterocycles. The number of hydrogen-bond donors (Lipinski definition) is 2. The quantitative estimate of drug-likeness (QED) is 0.656. The minimum atomic E-state index is -0.135. The van der Waals surface area contributed by atoms with E-state index < -0.39 is 0 Å². The normalized spacial score (nSPS) is 29.0. The lowest BCUT2D eigenvalue weighted by Gasteiger charge is -2.24. The molecule has 0 aromatic carbocycles. The van der Waals surface area contributed by atoms with Crippen LogP contribution in [0.3, 0.4) is 0 Å². The van der Waals surface area contributed by atoms with Crippen LogP contribution in [-0.4, -0.2) is 26.2 Å². The SMILES string of the molecule is Nc1cnn(C2CCC(O)CC2)n1. The molecular formula is C8H14N4O. The Morgan fingerprint density at radius 3 is 2.62 bits per heavy atom. The van der Waals surface area contributed by atoms with Crippen molar-refractivity contribution in [1.82, 2.24) is 15.0 Å². The first-order valence-electron chi connectivity index (χ1n) is 4.61. The van der Waals surface area contributed by atoms with E-state index in [0.29, 0.717) is 11.9 Å². The molecule has 5 heteroatoms. The van der Waals surface area contributed by atoms with Gasteiger partial charge in [-0.15, -0.1) is 5.10 Å². The summed E-state index contributed by atoms with van der Waals surface area (Å²) in [6, 6.07) is 0.320. The first-order chi connectivity index (χ1) is 6.25. The molecule has 1 saturated carbocycles. The zero-order valence-electron chi connectivity index (χ0n) is 7.43. The molecule has 0 bridgehead atoms. The van der Waals surface area contributed by atoms with Gasteiger partial charge < -0.3 is 10.8 Å². The highest BCUT2D eigenvalue weighted by Crippen LogP contribution is 2.27. The smallest absolute Gasteiger partial charge is 0.165 e. The van der Waals surface area contributed by atoms with Gasteiger partial charge >= 0.3 is 0 Å². The Kier molecular flexibility index (Phi) is 2.18. The standard InChI is InChI=1S/C8H14N4O/c9-8-5-10-12(11-8)6-1-3-7(13)4-2-6/h5-7,13H,1-4H2,(H2,9,11). The topological polar surface area (TPSA) is 77.0 Å². The van der Waals surface area contributed by atoms with Crippen LogP contribution in [0.5, 0.6) is 0 Å². The molecule has 0 spiro atoms. The molecule has 1 aromatic rings. The molecule has 0 radical (unpaired) electrons. The fourth-order valence-corrected chi connectivity index (χ4v) is 1.75. The summed E-state index contributed by atoms with van der Waals surface area (Å²) in [7, 11) is 0. The van der Waals surface area contributed by atoms with Gasteiger partial charge in [0, 0.05) is 0 Å². The monoisotopic (exact) mass is 182 g/mol. The van der Waals surface area contributed by atoms with Crippen LogP contribution in [-0.2, 0) is 0 Å². The molecule has 13 heavy (non-hydrogen) atoms. The fourth-order valence-electron chi connectivity index (χ4n) is 1.75. The molecule has 1 aliphatic carbocycles. The van der Waals surface area contributed by atoms with Crippen molar-refractivity contribution in [3.8, 4) is 0 Å². The number of nitrogens with two attached hydrogens (primary N) is 1. The van der Waals surface area contributed by atoms with Gasteiger partial charge in [0.25, 0.3) is 0 Å². The minimum Gasteiger partial charge on any atom is -0.393 e. The van der Waals surface area contributed by atoms with Crippen molar-refractivity contribution in [2.45, 2.75) is 37.8 Å². The Labute approximate surface area is 76.5 Å². The van der Waals surface area contributed by atoms with Crippen molar-refractivity contribution in [3.05, 3.63) is 6.20 Å². The molecule has 0 amide bonds. The molecule has 1 aromatic heterocycles. The lowest BCUT2D eigenvalue weighted by atomic mass is 9.94. The molecule has 0 atom stereocenters. The van der Waals surface area contributed by atoms with Crippen molar-refractivity contribution in [1.29, 1.82) is 0 Å². The Morgan fingerprint density at radius 2 is 2.08 bits per heavy atom. The highest BCUT2D eigenvalue weighted by Gasteiger charge is 2.21. The first-order valence-corrected chi connectivity index (χ1v) is 4.61. The number of nitrogen functional groups attached to an aromatic ring is 1. The lowest BCUT2D eigenvalue weighted by Crippen LogP contribution is -2.22. The Hall–Kier alpha value is -1.10. The molecule has 3 N–H and O–H groups in total. The van der Waals surface area contributed by atoms with E-state index in [4.69, 9.17) is 5.73 Å². The van der Waals surface area contributed by atoms with E-state index in [1.165, 1.54) is 0 Å². The zero-order chi connectivity index (χ0) is 9.26. The van der Waals surface area contributed by atoms with Gasteiger partial charge in [0.1, 0.15) is 0 Å². The van der Waals surface area contributed by atoms with Crippen LogP contribution in [0, 0.1) is 0 Å². The van der Waals surface area contributed by atoms with Crippen LogP contribution in [0.15, 0.2) is 6.20 Å². The van der Waals surface area contributed by atoms with Gasteiger partial charge in [-0.2, -0.15) is 9.90 Å². The maximum Gasteiger partial charge on any atom is 0.165 e. The van der Waals surface area contributed by atoms with Crippen LogP contribution < -0.4 is 5.73 Å². The van der Waals surface area contributed by atoms with Gasteiger partial charge in [-0.3, -0.25) is 0 Å². The first kappa shape index (κ1) is 8.50. The van der Waals surface area contributed by atoms with Crippen LogP contribution in [0.1, 0.15) is 31.7 Å². The Balaban J connectivity index is 2.02. The van der Waals surface area contributed by atoms with Gasteiger partial charge in [0.2, 0.25) is 0 Å². The highest BCUT2D eigenvalue weighted by molar-refractivity contribution is 5.19. The van der Waals surface area contributed by atoms with Crippen LogP contribution in [0.25, 0.3) is 0 Å². The van der Waals surface area contributed by atoms with Gasteiger partial charge in [-0.25, -0.2) is 0 Å².